The molecule has 0 radical (unpaired) electrons. The van der Waals surface area contributed by atoms with Gasteiger partial charge in [-0.05, 0) is 38.8 Å². The van der Waals surface area contributed by atoms with Crippen molar-refractivity contribution in [1.82, 2.24) is 9.55 Å². The van der Waals surface area contributed by atoms with Crippen LogP contribution in [0.1, 0.15) is 5.69 Å². The van der Waals surface area contributed by atoms with E-state index >= 15 is 0 Å². The fourth-order valence-electron chi connectivity index (χ4n) is 1.08. The van der Waals surface area contributed by atoms with Crippen LogP contribution in [0.4, 0.5) is 0 Å². The van der Waals surface area contributed by atoms with Crippen molar-refractivity contribution >= 4 is 20.5 Å². The molecule has 74 valence electrons. The first-order valence-corrected chi connectivity index (χ1v) is 8.07. The van der Waals surface area contributed by atoms with E-state index in [9.17, 15) is 0 Å². The van der Waals surface area contributed by atoms with E-state index < -0.39 is 8.32 Å². The highest BCUT2D eigenvalue weighted by Gasteiger charge is 2.19. The monoisotopic (exact) mass is 216 g/mol. The lowest BCUT2D eigenvalue weighted by Crippen LogP contribution is -2.30. The van der Waals surface area contributed by atoms with E-state index in [1.807, 2.05) is 18.5 Å². The van der Waals surface area contributed by atoms with Gasteiger partial charge in [0.15, 0.2) is 4.77 Å². The maximum atomic E-state index is 5.89. The number of aryl methyl sites for hydroxylation is 1. The van der Waals surface area contributed by atoms with Gasteiger partial charge in [-0.1, -0.05) is 0 Å². The number of rotatable bonds is 2. The van der Waals surface area contributed by atoms with Crippen LogP contribution in [0, 0.1) is 11.7 Å². The summed E-state index contributed by atoms with van der Waals surface area (Å²) in [4.78, 5) is 3.07. The SMILES string of the molecule is Cc1[nH]c(=S)n(C)c1O[Si](C)(C)C. The van der Waals surface area contributed by atoms with Crippen LogP contribution < -0.4 is 4.43 Å². The number of nitrogens with one attached hydrogen (secondary N) is 1. The molecule has 0 saturated carbocycles. The Morgan fingerprint density at radius 2 is 1.92 bits per heavy atom. The average Bonchev–Trinajstić information content (AvgIpc) is 2.14. The summed E-state index contributed by atoms with van der Waals surface area (Å²) in [6.45, 7) is 8.44. The Kier molecular flexibility index (Phi) is 2.68. The Bertz CT molecular complexity index is 361. The van der Waals surface area contributed by atoms with Gasteiger partial charge in [0, 0.05) is 7.05 Å². The van der Waals surface area contributed by atoms with E-state index in [2.05, 4.69) is 24.6 Å². The molecule has 0 aliphatic heterocycles. The Morgan fingerprint density at radius 3 is 2.23 bits per heavy atom. The Morgan fingerprint density at radius 1 is 1.38 bits per heavy atom. The van der Waals surface area contributed by atoms with E-state index in [0.717, 1.165) is 11.6 Å². The van der Waals surface area contributed by atoms with Gasteiger partial charge in [-0.15, -0.1) is 0 Å². The van der Waals surface area contributed by atoms with Gasteiger partial charge in [-0.3, -0.25) is 4.57 Å². The average molecular weight is 216 g/mol. The van der Waals surface area contributed by atoms with E-state index in [1.54, 1.807) is 0 Å². The highest BCUT2D eigenvalue weighted by molar-refractivity contribution is 7.71. The third kappa shape index (κ3) is 2.44. The van der Waals surface area contributed by atoms with Crippen molar-refractivity contribution in [3.05, 3.63) is 10.5 Å². The van der Waals surface area contributed by atoms with Crippen LogP contribution in [0.2, 0.25) is 19.6 Å². The maximum absolute atomic E-state index is 5.89. The first-order valence-electron chi connectivity index (χ1n) is 4.26. The summed E-state index contributed by atoms with van der Waals surface area (Å²) >= 11 is 5.09. The van der Waals surface area contributed by atoms with Gasteiger partial charge < -0.3 is 9.41 Å². The molecule has 0 unspecified atom stereocenters. The van der Waals surface area contributed by atoms with Gasteiger partial charge >= 0.3 is 0 Å². The summed E-state index contributed by atoms with van der Waals surface area (Å²) in [5.41, 5.74) is 1.01. The predicted octanol–water partition coefficient (Wildman–Crippen LogP) is 2.60. The van der Waals surface area contributed by atoms with Crippen LogP contribution in [0.25, 0.3) is 0 Å². The minimum absolute atomic E-state index is 0.714. The highest BCUT2D eigenvalue weighted by atomic mass is 32.1. The number of aromatic amines is 1. The molecule has 3 nitrogen and oxygen atoms in total. The Labute approximate surface area is 84.9 Å². The molecule has 0 spiro atoms. The van der Waals surface area contributed by atoms with E-state index in [-0.39, 0.29) is 0 Å². The van der Waals surface area contributed by atoms with Gasteiger partial charge in [0.1, 0.15) is 0 Å². The molecule has 13 heavy (non-hydrogen) atoms. The summed E-state index contributed by atoms with van der Waals surface area (Å²) in [5.74, 6) is 0.879. The molecule has 0 saturated heterocycles. The van der Waals surface area contributed by atoms with E-state index in [1.165, 1.54) is 0 Å². The molecule has 0 atom stereocenters. The van der Waals surface area contributed by atoms with E-state index in [0.29, 0.717) is 4.77 Å². The third-order valence-electron chi connectivity index (χ3n) is 1.63. The molecule has 1 rings (SSSR count). The molecule has 0 bridgehead atoms. The second-order valence-corrected chi connectivity index (χ2v) is 8.95. The number of imidazole rings is 1. The van der Waals surface area contributed by atoms with Crippen molar-refractivity contribution in [3.8, 4) is 5.88 Å². The molecule has 5 heteroatoms. The smallest absolute Gasteiger partial charge is 0.244 e. The molecule has 1 heterocycles. The molecule has 1 N–H and O–H groups in total. The lowest BCUT2D eigenvalue weighted by Gasteiger charge is -2.19. The van der Waals surface area contributed by atoms with E-state index in [4.69, 9.17) is 16.6 Å². The molecule has 0 aliphatic carbocycles. The molecule has 1 aromatic heterocycles. The first-order chi connectivity index (χ1) is 5.81. The van der Waals surface area contributed by atoms with Gasteiger partial charge in [-0.25, -0.2) is 0 Å². The molecule has 0 fully saturated rings. The van der Waals surface area contributed by atoms with Crippen molar-refractivity contribution in [2.24, 2.45) is 7.05 Å². The van der Waals surface area contributed by atoms with Gasteiger partial charge in [0.25, 0.3) is 0 Å². The summed E-state index contributed by atoms with van der Waals surface area (Å²) in [6, 6.07) is 0. The summed E-state index contributed by atoms with van der Waals surface area (Å²) < 4.78 is 8.48. The summed E-state index contributed by atoms with van der Waals surface area (Å²) in [6.07, 6.45) is 0. The largest absolute Gasteiger partial charge is 0.531 e. The van der Waals surface area contributed by atoms with Crippen LogP contribution in [0.5, 0.6) is 5.88 Å². The maximum Gasteiger partial charge on any atom is 0.244 e. The highest BCUT2D eigenvalue weighted by Crippen LogP contribution is 2.19. The minimum atomic E-state index is -1.53. The van der Waals surface area contributed by atoms with Gasteiger partial charge in [0.05, 0.1) is 5.69 Å². The molecule has 1 aromatic rings. The second kappa shape index (κ2) is 3.30. The van der Waals surface area contributed by atoms with Crippen molar-refractivity contribution in [2.75, 3.05) is 0 Å². The quantitative estimate of drug-likeness (QED) is 0.608. The zero-order chi connectivity index (χ0) is 10.2. The number of hydrogen-bond acceptors (Lipinski definition) is 2. The van der Waals surface area contributed by atoms with Crippen LogP contribution in [0.15, 0.2) is 0 Å². The zero-order valence-electron chi connectivity index (χ0n) is 8.76. The fourth-order valence-corrected chi connectivity index (χ4v) is 2.18. The topological polar surface area (TPSA) is 29.9 Å². The third-order valence-corrected chi connectivity index (χ3v) is 2.81. The van der Waals surface area contributed by atoms with Gasteiger partial charge in [-0.2, -0.15) is 0 Å². The summed E-state index contributed by atoms with van der Waals surface area (Å²) in [7, 11) is 0.383. The van der Waals surface area contributed by atoms with Crippen LogP contribution >= 0.6 is 12.2 Å². The van der Waals surface area contributed by atoms with Crippen LogP contribution in [-0.4, -0.2) is 17.9 Å². The lowest BCUT2D eigenvalue weighted by atomic mass is 10.5. The van der Waals surface area contributed by atoms with Crippen LogP contribution in [0.3, 0.4) is 0 Å². The first kappa shape index (κ1) is 10.5. The predicted molar refractivity (Wildman–Crippen MR) is 59.3 cm³/mol. The number of nitrogens with zero attached hydrogens (tertiary/aromatic N) is 1. The normalized spacial score (nSPS) is 11.8. The lowest BCUT2D eigenvalue weighted by molar-refractivity contribution is 0.502. The van der Waals surface area contributed by atoms with Crippen molar-refractivity contribution in [2.45, 2.75) is 26.6 Å². The van der Waals surface area contributed by atoms with Crippen molar-refractivity contribution in [3.63, 3.8) is 0 Å². The number of aromatic nitrogens is 2. The van der Waals surface area contributed by atoms with Crippen LogP contribution in [-0.2, 0) is 7.05 Å². The molecular weight excluding hydrogens is 200 g/mol. The van der Waals surface area contributed by atoms with Gasteiger partial charge in [0.2, 0.25) is 14.2 Å². The Hall–Kier alpha value is -0.553. The molecule has 0 amide bonds. The number of H-pyrrole nitrogens is 1. The minimum Gasteiger partial charge on any atom is -0.531 e. The van der Waals surface area contributed by atoms with Crippen molar-refractivity contribution in [1.29, 1.82) is 0 Å². The standard InChI is InChI=1S/C8H16N2OSSi/c1-6-7(11-13(3,4)5)10(2)8(12)9-6/h1-5H3,(H,9,12). The molecule has 0 aromatic carbocycles. The second-order valence-electron chi connectivity index (χ2n) is 4.13. The Balaban J connectivity index is 3.08. The fraction of sp³-hybridized carbons (Fsp3) is 0.625. The number of hydrogen-bond donors (Lipinski definition) is 1. The molecule has 0 aliphatic rings. The van der Waals surface area contributed by atoms with Crippen molar-refractivity contribution < 1.29 is 4.43 Å². The zero-order valence-corrected chi connectivity index (χ0v) is 10.6. The molecular formula is C8H16N2OSSi. The summed E-state index contributed by atoms with van der Waals surface area (Å²) in [5, 5.41) is 0.